The van der Waals surface area contributed by atoms with Gasteiger partial charge < -0.3 is 45.5 Å². The molecule has 373 valence electrons. The Morgan fingerprint density at radius 1 is 0.848 bits per heavy atom. The molecule has 2 aliphatic heterocycles. The molecule has 0 spiro atoms. The third kappa shape index (κ3) is 16.2. The predicted octanol–water partition coefficient (Wildman–Crippen LogP) is 0.121. The smallest absolute Gasteiger partial charge is 0.317 e. The number of halogens is 1. The second-order valence-electron chi connectivity index (χ2n) is 17.2. The van der Waals surface area contributed by atoms with Crippen molar-refractivity contribution in [2.75, 3.05) is 115 Å². The molecule has 23 nitrogen and oxygen atoms in total. The minimum Gasteiger partial charge on any atom is -0.480 e. The average molecular weight is 1090 g/mol. The summed E-state index contributed by atoms with van der Waals surface area (Å²) < 4.78 is 24.4. The number of methoxy groups -OCH3 is 1. The molecule has 2 saturated heterocycles. The number of fused-ring (bicyclic) bond motifs is 1. The number of ether oxygens (including phenoxy) is 1. The molecule has 25 heteroatoms. The molecule has 3 aromatic heterocycles. The van der Waals surface area contributed by atoms with Gasteiger partial charge in [-0.25, -0.2) is 9.37 Å². The molecule has 5 heterocycles. The summed E-state index contributed by atoms with van der Waals surface area (Å²) in [7, 11) is 1.51. The van der Waals surface area contributed by atoms with E-state index in [4.69, 9.17) is 14.7 Å². The molecule has 66 heavy (non-hydrogen) atoms. The van der Waals surface area contributed by atoms with Crippen molar-refractivity contribution in [3.8, 4) is 5.88 Å². The summed E-state index contributed by atoms with van der Waals surface area (Å²) in [6.07, 6.45) is 5.42. The molecule has 0 bridgehead atoms. The van der Waals surface area contributed by atoms with E-state index in [9.17, 15) is 39.3 Å². The van der Waals surface area contributed by atoms with E-state index in [1.807, 2.05) is 30.2 Å². The largest absolute Gasteiger partial charge is 0.480 e. The Balaban J connectivity index is 0.00000952. The summed E-state index contributed by atoms with van der Waals surface area (Å²) in [4.78, 5) is 82.6. The van der Waals surface area contributed by atoms with Crippen LogP contribution in [-0.4, -0.2) is 211 Å². The quantitative estimate of drug-likeness (QED) is 0.0648. The first-order valence-electron chi connectivity index (χ1n) is 21.7. The fraction of sp³-hybridized carbons (Fsp3) is 0.634. The zero-order chi connectivity index (χ0) is 47.3. The molecule has 0 unspecified atom stereocenters. The second kappa shape index (κ2) is 25.4. The molecule has 0 aromatic carbocycles. The average Bonchev–Trinajstić information content (AvgIpc) is 3.96. The fourth-order valence-electron chi connectivity index (χ4n) is 7.64. The molecule has 2 atom stereocenters. The van der Waals surface area contributed by atoms with Gasteiger partial charge in [0.25, 0.3) is 5.88 Å². The molecule has 3 aromatic rings. The third-order valence-corrected chi connectivity index (χ3v) is 11.1. The number of anilines is 3. The summed E-state index contributed by atoms with van der Waals surface area (Å²) in [6, 6.07) is -0.764. The standard InChI is InChI=1S/C41H63FN14O9.Lu/c1-6-31(57)45-29-21-54(20-28(29)42)40-47-37(36-38(48-40)56(27-44-36)41(2,3)4)46-30-22-55(49-39(30)65-5)11-9-7-8-10-43-32(58)23-50-12-14-51(24-33(59)60)16-18-53(26-35(63)64)19-17-52(15-13-50)25-34(61)62;/h6,22,27-29H,1,7-21,23-26H2,2-5H3,(H,43,58)(H,45,57)(H,59,60)(H,61,62)(H,63,64)(H,46,47,48);/t28-,29-;/m1./s1. The number of nitrogens with one attached hydrogen (secondary N) is 3. The van der Waals surface area contributed by atoms with Crippen LogP contribution >= 0.6 is 0 Å². The van der Waals surface area contributed by atoms with E-state index in [-0.39, 0.29) is 107 Å². The summed E-state index contributed by atoms with van der Waals surface area (Å²) >= 11 is 0. The van der Waals surface area contributed by atoms with E-state index in [0.717, 1.165) is 18.9 Å². The van der Waals surface area contributed by atoms with E-state index in [2.05, 4.69) is 32.6 Å². The molecular formula is C41H63FLuN14O9. The van der Waals surface area contributed by atoms with Crippen molar-refractivity contribution >= 4 is 58.3 Å². The normalized spacial score (nSPS) is 18.5. The Hall–Kier alpha value is -4.75. The summed E-state index contributed by atoms with van der Waals surface area (Å²) in [5.41, 5.74) is 1.16. The topological polar surface area (TPSA) is 269 Å². The van der Waals surface area contributed by atoms with E-state index in [1.165, 1.54) is 7.11 Å². The van der Waals surface area contributed by atoms with Gasteiger partial charge in [-0.05, 0) is 46.1 Å². The van der Waals surface area contributed by atoms with Gasteiger partial charge in [-0.2, -0.15) is 9.97 Å². The Labute approximate surface area is 411 Å². The maximum atomic E-state index is 15.1. The Kier molecular flexibility index (Phi) is 20.7. The maximum absolute atomic E-state index is 15.1. The first-order valence-corrected chi connectivity index (χ1v) is 21.7. The van der Waals surface area contributed by atoms with Crippen LogP contribution in [0.5, 0.6) is 5.88 Å². The number of carboxylic acids is 3. The zero-order valence-electron chi connectivity index (χ0n) is 37.9. The van der Waals surface area contributed by atoms with Crippen molar-refractivity contribution in [3.63, 3.8) is 0 Å². The minimum absolute atomic E-state index is 0. The Morgan fingerprint density at radius 3 is 1.92 bits per heavy atom. The van der Waals surface area contributed by atoms with Gasteiger partial charge in [0.1, 0.15) is 11.9 Å². The van der Waals surface area contributed by atoms with Crippen LogP contribution in [0.3, 0.4) is 0 Å². The number of hydrogen-bond acceptors (Lipinski definition) is 16. The van der Waals surface area contributed by atoms with Crippen LogP contribution < -0.4 is 25.6 Å². The molecule has 6 N–H and O–H groups in total. The number of unbranched alkanes of at least 4 members (excludes halogenated alkanes) is 2. The Morgan fingerprint density at radius 2 is 1.41 bits per heavy atom. The van der Waals surface area contributed by atoms with Gasteiger partial charge in [0, 0.05) is 114 Å². The molecule has 5 rings (SSSR count). The zero-order valence-corrected chi connectivity index (χ0v) is 39.5. The number of aromatic nitrogens is 6. The monoisotopic (exact) mass is 1090 g/mol. The van der Waals surface area contributed by atoms with Gasteiger partial charge in [0.15, 0.2) is 17.0 Å². The molecule has 2 amide bonds. The van der Waals surface area contributed by atoms with Crippen LogP contribution in [0.25, 0.3) is 11.2 Å². The van der Waals surface area contributed by atoms with E-state index in [0.29, 0.717) is 87.3 Å². The number of aryl methyl sites for hydroxylation is 1. The van der Waals surface area contributed by atoms with E-state index < -0.39 is 36.0 Å². The number of alkyl halides is 1. The van der Waals surface area contributed by atoms with Crippen LogP contribution in [0, 0.1) is 36.9 Å². The van der Waals surface area contributed by atoms with Crippen molar-refractivity contribution in [2.45, 2.75) is 64.3 Å². The van der Waals surface area contributed by atoms with Gasteiger partial charge in [0.05, 0.1) is 58.4 Å². The second-order valence-corrected chi connectivity index (χ2v) is 17.2. The molecule has 2 aliphatic rings. The fourth-order valence-corrected chi connectivity index (χ4v) is 7.64. The molecule has 0 saturated carbocycles. The van der Waals surface area contributed by atoms with Crippen LogP contribution in [0.1, 0.15) is 40.0 Å². The van der Waals surface area contributed by atoms with Crippen LogP contribution in [-0.2, 0) is 36.1 Å². The number of rotatable bonds is 20. The predicted molar refractivity (Wildman–Crippen MR) is 237 cm³/mol. The number of carbonyl (C=O) groups excluding carboxylic acids is 2. The van der Waals surface area contributed by atoms with Crippen molar-refractivity contribution in [1.82, 2.24) is 59.5 Å². The number of carbonyl (C=O) groups is 5. The van der Waals surface area contributed by atoms with E-state index >= 15 is 4.39 Å². The first-order chi connectivity index (χ1) is 30.9. The van der Waals surface area contributed by atoms with Crippen molar-refractivity contribution in [2.24, 2.45) is 0 Å². The van der Waals surface area contributed by atoms with Crippen LogP contribution in [0.2, 0.25) is 0 Å². The van der Waals surface area contributed by atoms with Crippen molar-refractivity contribution < 1.29 is 85.3 Å². The number of carboxylic acid groups (broad SMARTS) is 3. The molecule has 2 fully saturated rings. The van der Waals surface area contributed by atoms with Crippen LogP contribution in [0.4, 0.5) is 21.8 Å². The van der Waals surface area contributed by atoms with Gasteiger partial charge >= 0.3 is 17.9 Å². The van der Waals surface area contributed by atoms with Crippen molar-refractivity contribution in [1.29, 1.82) is 0 Å². The number of imidazole rings is 1. The summed E-state index contributed by atoms with van der Waals surface area (Å²) in [6.45, 7) is 12.4. The number of hydrogen-bond donors (Lipinski definition) is 6. The van der Waals surface area contributed by atoms with Gasteiger partial charge in [-0.15, -0.1) is 5.10 Å². The third-order valence-electron chi connectivity index (χ3n) is 11.1. The molecular weight excluding hydrogens is 1030 g/mol. The van der Waals surface area contributed by atoms with E-state index in [1.54, 1.807) is 36.8 Å². The molecule has 0 aliphatic carbocycles. The summed E-state index contributed by atoms with van der Waals surface area (Å²) in [5.74, 6) is -2.80. The van der Waals surface area contributed by atoms with Gasteiger partial charge in [0.2, 0.25) is 17.8 Å². The SMILES string of the molecule is C=CC(=O)N[C@@H]1CN(c2nc(Nc3cn(CCCCCNC(=O)CN4CCN(CC(=O)O)CCN(CC(=O)O)CCN(CC(=O)O)CC4)nc3OC)c3ncn(C(C)(C)C)c3n2)C[C@H]1F.[Lu]. The van der Waals surface area contributed by atoms with Crippen LogP contribution in [0.15, 0.2) is 25.2 Å². The number of aliphatic carboxylic acids is 3. The summed E-state index contributed by atoms with van der Waals surface area (Å²) in [5, 5.41) is 41.9. The Bertz CT molecular complexity index is 2100. The number of amides is 2. The van der Waals surface area contributed by atoms with Crippen molar-refractivity contribution in [3.05, 3.63) is 25.2 Å². The van der Waals surface area contributed by atoms with Gasteiger partial charge in [-0.1, -0.05) is 6.58 Å². The maximum Gasteiger partial charge on any atom is 0.317 e. The number of nitrogens with zero attached hydrogens (tertiary/aromatic N) is 11. The van der Waals surface area contributed by atoms with Gasteiger partial charge in [-0.3, -0.25) is 48.3 Å². The molecule has 1 radical (unpaired) electrons. The minimum atomic E-state index is -1.35. The first kappa shape index (κ1) is 53.9.